The molecular weight excluding hydrogens is 280 g/mol. The predicted molar refractivity (Wildman–Crippen MR) is 83.6 cm³/mol. The Kier molecular flexibility index (Phi) is 5.81. The lowest BCUT2D eigenvalue weighted by Gasteiger charge is -2.33. The van der Waals surface area contributed by atoms with Crippen molar-refractivity contribution in [2.45, 2.75) is 64.1 Å². The molecule has 124 valence electrons. The van der Waals surface area contributed by atoms with Gasteiger partial charge in [0.1, 0.15) is 0 Å². The number of piperidine rings is 1. The van der Waals surface area contributed by atoms with Crippen LogP contribution in [0.5, 0.6) is 0 Å². The Bertz CT molecular complexity index is 445. The number of ether oxygens (including phenoxy) is 1. The van der Waals surface area contributed by atoms with Crippen LogP contribution in [0.25, 0.3) is 0 Å². The van der Waals surface area contributed by atoms with Gasteiger partial charge in [0, 0.05) is 32.2 Å². The quantitative estimate of drug-likeness (QED) is 0.864. The van der Waals surface area contributed by atoms with Gasteiger partial charge in [-0.05, 0) is 38.6 Å². The maximum atomic E-state index is 5.80. The first-order valence-corrected chi connectivity index (χ1v) is 8.72. The number of aromatic nitrogens is 2. The van der Waals surface area contributed by atoms with Crippen LogP contribution in [-0.4, -0.2) is 53.4 Å². The summed E-state index contributed by atoms with van der Waals surface area (Å²) in [6, 6.07) is 0.553. The minimum Gasteiger partial charge on any atom is -0.377 e. The summed E-state index contributed by atoms with van der Waals surface area (Å²) in [6.45, 7) is 6.92. The van der Waals surface area contributed by atoms with Gasteiger partial charge < -0.3 is 14.6 Å². The monoisotopic (exact) mass is 308 g/mol. The first-order valence-electron chi connectivity index (χ1n) is 8.72. The van der Waals surface area contributed by atoms with E-state index in [4.69, 9.17) is 9.26 Å². The van der Waals surface area contributed by atoms with Crippen LogP contribution in [0.2, 0.25) is 0 Å². The minimum atomic E-state index is 0.411. The highest BCUT2D eigenvalue weighted by Crippen LogP contribution is 2.15. The van der Waals surface area contributed by atoms with E-state index in [-0.39, 0.29) is 0 Å². The van der Waals surface area contributed by atoms with Crippen LogP contribution in [0, 0.1) is 0 Å². The third-order valence-electron chi connectivity index (χ3n) is 4.59. The van der Waals surface area contributed by atoms with E-state index in [1.54, 1.807) is 0 Å². The summed E-state index contributed by atoms with van der Waals surface area (Å²) in [4.78, 5) is 6.83. The molecule has 0 radical (unpaired) electrons. The van der Waals surface area contributed by atoms with Crippen LogP contribution in [0.1, 0.15) is 50.7 Å². The Hall–Kier alpha value is -0.980. The molecule has 0 bridgehead atoms. The Morgan fingerprint density at radius 2 is 2.23 bits per heavy atom. The second-order valence-electron chi connectivity index (χ2n) is 6.43. The second kappa shape index (κ2) is 8.04. The maximum absolute atomic E-state index is 5.80. The van der Waals surface area contributed by atoms with E-state index in [1.165, 1.54) is 32.1 Å². The van der Waals surface area contributed by atoms with Gasteiger partial charge in [-0.3, -0.25) is 4.90 Å². The fourth-order valence-corrected chi connectivity index (χ4v) is 3.33. The van der Waals surface area contributed by atoms with Gasteiger partial charge in [-0.25, -0.2) is 0 Å². The molecule has 1 N–H and O–H groups in total. The fraction of sp³-hybridized carbons (Fsp3) is 0.875. The second-order valence-corrected chi connectivity index (χ2v) is 6.43. The minimum absolute atomic E-state index is 0.411. The lowest BCUT2D eigenvalue weighted by molar-refractivity contribution is 0.0134. The molecule has 0 aromatic carbocycles. The largest absolute Gasteiger partial charge is 0.377 e. The number of hydrogen-bond acceptors (Lipinski definition) is 6. The predicted octanol–water partition coefficient (Wildman–Crippen LogP) is 1.76. The number of likely N-dealkylation sites (tertiary alicyclic amines) is 1. The van der Waals surface area contributed by atoms with Crippen molar-refractivity contribution in [3.8, 4) is 0 Å². The number of rotatable bonds is 6. The summed E-state index contributed by atoms with van der Waals surface area (Å²) in [5, 5.41) is 7.75. The molecule has 0 aliphatic carbocycles. The van der Waals surface area contributed by atoms with Gasteiger partial charge in [0.2, 0.25) is 5.89 Å². The molecule has 6 heteroatoms. The van der Waals surface area contributed by atoms with Gasteiger partial charge in [-0.2, -0.15) is 4.98 Å². The smallest absolute Gasteiger partial charge is 0.226 e. The third-order valence-corrected chi connectivity index (χ3v) is 4.59. The molecular formula is C16H28N4O2. The standard InChI is InChI=1S/C16H28N4O2/c1-2-16-18-15(19-22-16)12-20-8-5-6-13(11-20)17-10-14-7-3-4-9-21-14/h13-14,17H,2-12H2,1H3/t13-,14-/m1/s1. The highest BCUT2D eigenvalue weighted by Gasteiger charge is 2.22. The zero-order chi connectivity index (χ0) is 15.2. The van der Waals surface area contributed by atoms with Crippen LogP contribution in [0.15, 0.2) is 4.52 Å². The molecule has 1 aromatic rings. The first kappa shape index (κ1) is 15.9. The van der Waals surface area contributed by atoms with Crippen molar-refractivity contribution in [2.75, 3.05) is 26.2 Å². The zero-order valence-electron chi connectivity index (χ0n) is 13.6. The number of nitrogens with zero attached hydrogens (tertiary/aromatic N) is 3. The average molecular weight is 308 g/mol. The Morgan fingerprint density at radius 1 is 1.27 bits per heavy atom. The van der Waals surface area contributed by atoms with E-state index in [1.807, 2.05) is 6.92 Å². The average Bonchev–Trinajstić information content (AvgIpc) is 3.02. The molecule has 2 saturated heterocycles. The molecule has 3 rings (SSSR count). The molecule has 2 fully saturated rings. The molecule has 0 unspecified atom stereocenters. The van der Waals surface area contributed by atoms with E-state index < -0.39 is 0 Å². The topological polar surface area (TPSA) is 63.4 Å². The Labute approximate surface area is 132 Å². The normalized spacial score (nSPS) is 27.1. The summed E-state index contributed by atoms with van der Waals surface area (Å²) >= 11 is 0. The number of aryl methyl sites for hydroxylation is 1. The first-order chi connectivity index (χ1) is 10.8. The SMILES string of the molecule is CCc1nc(CN2CCC[C@@H](NC[C@H]3CCCCO3)C2)no1. The van der Waals surface area contributed by atoms with Crippen molar-refractivity contribution < 1.29 is 9.26 Å². The van der Waals surface area contributed by atoms with Gasteiger partial charge in [-0.1, -0.05) is 12.1 Å². The van der Waals surface area contributed by atoms with E-state index >= 15 is 0 Å². The van der Waals surface area contributed by atoms with Crippen LogP contribution < -0.4 is 5.32 Å². The van der Waals surface area contributed by atoms with Gasteiger partial charge in [0.15, 0.2) is 5.82 Å². The summed E-state index contributed by atoms with van der Waals surface area (Å²) in [6.07, 6.45) is 7.41. The number of hydrogen-bond donors (Lipinski definition) is 1. The third kappa shape index (κ3) is 4.51. The summed E-state index contributed by atoms with van der Waals surface area (Å²) < 4.78 is 11.0. The molecule has 3 heterocycles. The molecule has 2 aliphatic rings. The molecule has 0 spiro atoms. The molecule has 22 heavy (non-hydrogen) atoms. The summed E-state index contributed by atoms with van der Waals surface area (Å²) in [5.41, 5.74) is 0. The molecule has 2 aliphatic heterocycles. The van der Waals surface area contributed by atoms with Gasteiger partial charge in [0.05, 0.1) is 12.6 Å². The van der Waals surface area contributed by atoms with Crippen LogP contribution in [-0.2, 0) is 17.7 Å². The molecule has 0 saturated carbocycles. The Morgan fingerprint density at radius 3 is 3.00 bits per heavy atom. The Balaban J connectivity index is 1.42. The summed E-state index contributed by atoms with van der Waals surface area (Å²) in [5.74, 6) is 1.55. The van der Waals surface area contributed by atoms with Crippen LogP contribution in [0.4, 0.5) is 0 Å². The van der Waals surface area contributed by atoms with Crippen molar-refractivity contribution >= 4 is 0 Å². The van der Waals surface area contributed by atoms with Crippen molar-refractivity contribution in [3.05, 3.63) is 11.7 Å². The van der Waals surface area contributed by atoms with Gasteiger partial charge in [-0.15, -0.1) is 0 Å². The molecule has 6 nitrogen and oxygen atoms in total. The van der Waals surface area contributed by atoms with Crippen LogP contribution >= 0.6 is 0 Å². The van der Waals surface area contributed by atoms with Gasteiger partial charge in [0.25, 0.3) is 0 Å². The van der Waals surface area contributed by atoms with E-state index in [9.17, 15) is 0 Å². The van der Waals surface area contributed by atoms with E-state index in [2.05, 4.69) is 20.4 Å². The fourth-order valence-electron chi connectivity index (χ4n) is 3.33. The van der Waals surface area contributed by atoms with Crippen molar-refractivity contribution in [1.29, 1.82) is 0 Å². The molecule has 1 aromatic heterocycles. The van der Waals surface area contributed by atoms with E-state index in [0.717, 1.165) is 50.9 Å². The lowest BCUT2D eigenvalue weighted by atomic mass is 10.0. The summed E-state index contributed by atoms with van der Waals surface area (Å²) in [7, 11) is 0. The molecule has 2 atom stereocenters. The van der Waals surface area contributed by atoms with Gasteiger partial charge >= 0.3 is 0 Å². The van der Waals surface area contributed by atoms with Crippen LogP contribution in [0.3, 0.4) is 0 Å². The lowest BCUT2D eigenvalue weighted by Crippen LogP contribution is -2.47. The van der Waals surface area contributed by atoms with Crippen molar-refractivity contribution in [1.82, 2.24) is 20.4 Å². The number of nitrogens with one attached hydrogen (secondary N) is 1. The maximum Gasteiger partial charge on any atom is 0.226 e. The highest BCUT2D eigenvalue weighted by molar-refractivity contribution is 4.88. The zero-order valence-corrected chi connectivity index (χ0v) is 13.6. The van der Waals surface area contributed by atoms with Crippen molar-refractivity contribution in [2.24, 2.45) is 0 Å². The van der Waals surface area contributed by atoms with Crippen molar-refractivity contribution in [3.63, 3.8) is 0 Å². The highest BCUT2D eigenvalue weighted by atomic mass is 16.5. The van der Waals surface area contributed by atoms with E-state index in [0.29, 0.717) is 12.1 Å². The molecule has 0 amide bonds.